The van der Waals surface area contributed by atoms with Crippen LogP contribution in [0.5, 0.6) is 0 Å². The third-order valence-electron chi connectivity index (χ3n) is 2.75. The molecule has 3 nitrogen and oxygen atoms in total. The molecule has 1 aromatic rings. The number of hydrogen-bond donors (Lipinski definition) is 1. The smallest absolute Gasteiger partial charge is 0.104 e. The highest BCUT2D eigenvalue weighted by Gasteiger charge is 2.34. The third-order valence-corrected chi connectivity index (χ3v) is 2.75. The van der Waals surface area contributed by atoms with Crippen LogP contribution in [0, 0.1) is 5.41 Å². The topological polar surface area (TPSA) is 48.4 Å². The Morgan fingerprint density at radius 1 is 1.54 bits per heavy atom. The van der Waals surface area contributed by atoms with Gasteiger partial charge in [-0.2, -0.15) is 0 Å². The standard InChI is InChI=1S/C10H15NO2/c11-7-10(3-5-12-8-10)6-9-2-1-4-13-9/h1-2,4H,3,5-8,11H2. The number of ether oxygens (including phenoxy) is 1. The van der Waals surface area contributed by atoms with Gasteiger partial charge in [-0.1, -0.05) is 0 Å². The van der Waals surface area contributed by atoms with Crippen molar-refractivity contribution in [2.45, 2.75) is 12.8 Å². The van der Waals surface area contributed by atoms with Crippen LogP contribution in [-0.4, -0.2) is 19.8 Å². The van der Waals surface area contributed by atoms with Crippen molar-refractivity contribution in [1.29, 1.82) is 0 Å². The first-order chi connectivity index (χ1) is 6.35. The highest BCUT2D eigenvalue weighted by molar-refractivity contribution is 5.03. The second-order valence-corrected chi connectivity index (χ2v) is 3.76. The molecule has 0 amide bonds. The molecule has 2 N–H and O–H groups in total. The quantitative estimate of drug-likeness (QED) is 0.762. The van der Waals surface area contributed by atoms with Crippen molar-refractivity contribution in [2.24, 2.45) is 11.1 Å². The van der Waals surface area contributed by atoms with Gasteiger partial charge in [0.25, 0.3) is 0 Å². The van der Waals surface area contributed by atoms with Gasteiger partial charge in [0.2, 0.25) is 0 Å². The lowest BCUT2D eigenvalue weighted by Gasteiger charge is -2.23. The van der Waals surface area contributed by atoms with Crippen molar-refractivity contribution >= 4 is 0 Å². The average Bonchev–Trinajstić information content (AvgIpc) is 2.77. The fraction of sp³-hybridized carbons (Fsp3) is 0.600. The maximum atomic E-state index is 5.76. The van der Waals surface area contributed by atoms with Gasteiger partial charge >= 0.3 is 0 Å². The minimum Gasteiger partial charge on any atom is -0.469 e. The molecule has 1 saturated heterocycles. The summed E-state index contributed by atoms with van der Waals surface area (Å²) in [6.45, 7) is 2.27. The van der Waals surface area contributed by atoms with E-state index in [-0.39, 0.29) is 5.41 Å². The van der Waals surface area contributed by atoms with E-state index in [0.717, 1.165) is 31.8 Å². The molecule has 1 fully saturated rings. The molecule has 1 atom stereocenters. The maximum Gasteiger partial charge on any atom is 0.104 e. The zero-order valence-corrected chi connectivity index (χ0v) is 7.66. The van der Waals surface area contributed by atoms with E-state index in [4.69, 9.17) is 14.9 Å². The maximum absolute atomic E-state index is 5.76. The van der Waals surface area contributed by atoms with Gasteiger partial charge in [-0.05, 0) is 18.6 Å². The molecule has 13 heavy (non-hydrogen) atoms. The van der Waals surface area contributed by atoms with E-state index in [0.29, 0.717) is 6.54 Å². The second kappa shape index (κ2) is 3.52. The molecule has 1 unspecified atom stereocenters. The Morgan fingerprint density at radius 2 is 2.46 bits per heavy atom. The molecule has 2 rings (SSSR count). The van der Waals surface area contributed by atoms with Gasteiger partial charge < -0.3 is 14.9 Å². The van der Waals surface area contributed by atoms with Crippen LogP contribution < -0.4 is 5.73 Å². The molecule has 0 saturated carbocycles. The highest BCUT2D eigenvalue weighted by atomic mass is 16.5. The van der Waals surface area contributed by atoms with Crippen LogP contribution in [-0.2, 0) is 11.2 Å². The van der Waals surface area contributed by atoms with Gasteiger partial charge in [0, 0.05) is 25.0 Å². The molecule has 1 aliphatic heterocycles. The average molecular weight is 181 g/mol. The minimum atomic E-state index is 0.123. The predicted molar refractivity (Wildman–Crippen MR) is 49.3 cm³/mol. The Hall–Kier alpha value is -0.800. The monoisotopic (exact) mass is 181 g/mol. The molecule has 2 heterocycles. The van der Waals surface area contributed by atoms with E-state index in [9.17, 15) is 0 Å². The number of hydrogen-bond acceptors (Lipinski definition) is 3. The van der Waals surface area contributed by atoms with Crippen molar-refractivity contribution in [3.8, 4) is 0 Å². The van der Waals surface area contributed by atoms with Crippen LogP contribution in [0.2, 0.25) is 0 Å². The zero-order chi connectivity index (χ0) is 9.15. The first kappa shape index (κ1) is 8.78. The largest absolute Gasteiger partial charge is 0.469 e. The molecule has 1 aromatic heterocycles. The molecule has 1 aliphatic rings. The number of nitrogens with two attached hydrogens (primary N) is 1. The Balaban J connectivity index is 2.06. The molecule has 0 aliphatic carbocycles. The van der Waals surface area contributed by atoms with Crippen molar-refractivity contribution in [2.75, 3.05) is 19.8 Å². The van der Waals surface area contributed by atoms with E-state index in [2.05, 4.69) is 0 Å². The number of furan rings is 1. The highest BCUT2D eigenvalue weighted by Crippen LogP contribution is 2.31. The summed E-state index contributed by atoms with van der Waals surface area (Å²) in [7, 11) is 0. The number of rotatable bonds is 3. The summed E-state index contributed by atoms with van der Waals surface area (Å²) in [5.41, 5.74) is 5.89. The Bertz CT molecular complexity index is 250. The van der Waals surface area contributed by atoms with E-state index in [1.165, 1.54) is 0 Å². The molecular weight excluding hydrogens is 166 g/mol. The van der Waals surface area contributed by atoms with Crippen LogP contribution in [0.25, 0.3) is 0 Å². The summed E-state index contributed by atoms with van der Waals surface area (Å²) >= 11 is 0. The van der Waals surface area contributed by atoms with Crippen molar-refractivity contribution in [3.05, 3.63) is 24.2 Å². The first-order valence-electron chi connectivity index (χ1n) is 4.65. The van der Waals surface area contributed by atoms with Gasteiger partial charge in [0.1, 0.15) is 5.76 Å². The molecular formula is C10H15NO2. The van der Waals surface area contributed by atoms with Gasteiger partial charge in [0.05, 0.1) is 12.9 Å². The Kier molecular flexibility index (Phi) is 2.38. The molecule has 3 heteroatoms. The summed E-state index contributed by atoms with van der Waals surface area (Å²) in [6.07, 6.45) is 3.65. The van der Waals surface area contributed by atoms with Crippen LogP contribution in [0.4, 0.5) is 0 Å². The molecule has 0 spiro atoms. The van der Waals surface area contributed by atoms with E-state index in [1.807, 2.05) is 12.1 Å². The normalized spacial score (nSPS) is 28.1. The van der Waals surface area contributed by atoms with E-state index in [1.54, 1.807) is 6.26 Å². The van der Waals surface area contributed by atoms with Gasteiger partial charge in [-0.3, -0.25) is 0 Å². The van der Waals surface area contributed by atoms with E-state index < -0.39 is 0 Å². The fourth-order valence-corrected chi connectivity index (χ4v) is 1.80. The van der Waals surface area contributed by atoms with Crippen molar-refractivity contribution in [3.63, 3.8) is 0 Å². The zero-order valence-electron chi connectivity index (χ0n) is 7.66. The SMILES string of the molecule is NCC1(Cc2ccco2)CCOC1. The third kappa shape index (κ3) is 1.76. The van der Waals surface area contributed by atoms with Crippen molar-refractivity contribution < 1.29 is 9.15 Å². The summed E-state index contributed by atoms with van der Waals surface area (Å²) in [6, 6.07) is 3.91. The van der Waals surface area contributed by atoms with Gasteiger partial charge in [-0.25, -0.2) is 0 Å². The lowest BCUT2D eigenvalue weighted by molar-refractivity contribution is 0.151. The van der Waals surface area contributed by atoms with Gasteiger partial charge in [0.15, 0.2) is 0 Å². The summed E-state index contributed by atoms with van der Waals surface area (Å²) in [5.74, 6) is 1.01. The molecule has 72 valence electrons. The summed E-state index contributed by atoms with van der Waals surface area (Å²) < 4.78 is 10.7. The molecule has 0 aromatic carbocycles. The van der Waals surface area contributed by atoms with Crippen LogP contribution >= 0.6 is 0 Å². The van der Waals surface area contributed by atoms with E-state index >= 15 is 0 Å². The molecule has 0 bridgehead atoms. The first-order valence-corrected chi connectivity index (χ1v) is 4.65. The fourth-order valence-electron chi connectivity index (χ4n) is 1.80. The van der Waals surface area contributed by atoms with Gasteiger partial charge in [-0.15, -0.1) is 0 Å². The summed E-state index contributed by atoms with van der Waals surface area (Å²) in [5, 5.41) is 0. The van der Waals surface area contributed by atoms with Crippen molar-refractivity contribution in [1.82, 2.24) is 0 Å². The Labute approximate surface area is 77.9 Å². The molecule has 0 radical (unpaired) electrons. The lowest BCUT2D eigenvalue weighted by Crippen LogP contribution is -2.33. The van der Waals surface area contributed by atoms with Crippen LogP contribution in [0.15, 0.2) is 22.8 Å². The second-order valence-electron chi connectivity index (χ2n) is 3.76. The minimum absolute atomic E-state index is 0.123. The Morgan fingerprint density at radius 3 is 3.00 bits per heavy atom. The van der Waals surface area contributed by atoms with Crippen LogP contribution in [0.1, 0.15) is 12.2 Å². The predicted octanol–water partition coefficient (Wildman–Crippen LogP) is 1.19. The lowest BCUT2D eigenvalue weighted by atomic mass is 9.83. The van der Waals surface area contributed by atoms with Crippen LogP contribution in [0.3, 0.4) is 0 Å². The summed E-state index contributed by atoms with van der Waals surface area (Å²) in [4.78, 5) is 0.